The second-order valence-electron chi connectivity index (χ2n) is 14.0. The molecule has 0 unspecified atom stereocenters. The summed E-state index contributed by atoms with van der Waals surface area (Å²) in [6, 6.07) is 6.34. The number of aromatic hydroxyl groups is 1. The summed E-state index contributed by atoms with van der Waals surface area (Å²) in [6.45, 7) is 2.54. The smallest absolute Gasteiger partial charge is 0.319 e. The van der Waals surface area contributed by atoms with Crippen molar-refractivity contribution in [2.75, 3.05) is 37.7 Å². The number of aromatic nitrogens is 2. The van der Waals surface area contributed by atoms with Crippen molar-refractivity contribution in [2.45, 2.75) is 63.1 Å². The van der Waals surface area contributed by atoms with Crippen LogP contribution >= 0.6 is 0 Å². The van der Waals surface area contributed by atoms with Crippen LogP contribution in [0.1, 0.15) is 44.6 Å². The first-order chi connectivity index (χ1) is 22.9. The van der Waals surface area contributed by atoms with Gasteiger partial charge in [0.15, 0.2) is 5.82 Å². The molecule has 4 aliphatic rings. The van der Waals surface area contributed by atoms with Gasteiger partial charge in [0.1, 0.15) is 35.3 Å². The summed E-state index contributed by atoms with van der Waals surface area (Å²) in [5.74, 6) is -3.69. The van der Waals surface area contributed by atoms with Gasteiger partial charge in [-0.05, 0) is 62.3 Å². The first-order valence-electron chi connectivity index (χ1n) is 16.3. The zero-order valence-electron chi connectivity index (χ0n) is 26.3. The zero-order chi connectivity index (χ0) is 33.5. The van der Waals surface area contributed by atoms with Crippen molar-refractivity contribution in [2.24, 2.45) is 5.41 Å². The SMILES string of the molecule is C#Cc1c(F)ccc2cc(O)cc(-c3c(F)cc4c(N5C[C@H]6CC[C@@H](C5)N6)nc(OC[C@]5(C)CN(C6CC6)CCC5(F)F)nc4c3F)c12. The molecule has 4 aromatic rings. The number of fused-ring (bicyclic) bond motifs is 4. The molecule has 2 bridgehead atoms. The summed E-state index contributed by atoms with van der Waals surface area (Å²) >= 11 is 0. The van der Waals surface area contributed by atoms with Crippen molar-refractivity contribution in [3.8, 4) is 35.2 Å². The van der Waals surface area contributed by atoms with Crippen LogP contribution in [0.3, 0.4) is 0 Å². The number of phenols is 1. The predicted molar refractivity (Wildman–Crippen MR) is 172 cm³/mol. The molecule has 0 spiro atoms. The molecular weight excluding hydrogens is 629 g/mol. The largest absolute Gasteiger partial charge is 0.508 e. The third-order valence-corrected chi connectivity index (χ3v) is 10.6. The molecule has 0 radical (unpaired) electrons. The van der Waals surface area contributed by atoms with Crippen molar-refractivity contribution in [3.05, 3.63) is 53.3 Å². The Morgan fingerprint density at radius 2 is 1.79 bits per heavy atom. The van der Waals surface area contributed by atoms with E-state index in [4.69, 9.17) is 11.2 Å². The molecule has 7 nitrogen and oxygen atoms in total. The predicted octanol–water partition coefficient (Wildman–Crippen LogP) is 6.38. The van der Waals surface area contributed by atoms with E-state index in [0.717, 1.165) is 43.9 Å². The molecule has 250 valence electrons. The Kier molecular flexibility index (Phi) is 7.23. The molecular formula is C36H34F5N5O2. The number of piperidine rings is 1. The Morgan fingerprint density at radius 1 is 1.04 bits per heavy atom. The molecule has 3 aromatic carbocycles. The average Bonchev–Trinajstić information content (AvgIpc) is 3.84. The molecule has 3 saturated heterocycles. The van der Waals surface area contributed by atoms with Crippen molar-refractivity contribution in [1.29, 1.82) is 0 Å². The second-order valence-corrected chi connectivity index (χ2v) is 14.0. The van der Waals surface area contributed by atoms with Crippen LogP contribution in [0, 0.1) is 35.2 Å². The molecule has 4 heterocycles. The van der Waals surface area contributed by atoms with Crippen molar-refractivity contribution in [3.63, 3.8) is 0 Å². The van der Waals surface area contributed by atoms with Crippen molar-refractivity contribution < 1.29 is 31.8 Å². The zero-order valence-corrected chi connectivity index (χ0v) is 26.3. The summed E-state index contributed by atoms with van der Waals surface area (Å²) in [6.07, 6.45) is 9.16. The van der Waals surface area contributed by atoms with E-state index >= 15 is 17.6 Å². The molecule has 1 aliphatic carbocycles. The van der Waals surface area contributed by atoms with E-state index in [0.29, 0.717) is 25.7 Å². The lowest BCUT2D eigenvalue weighted by Gasteiger charge is -2.45. The Hall–Kier alpha value is -4.21. The van der Waals surface area contributed by atoms with Gasteiger partial charge in [-0.1, -0.05) is 12.0 Å². The molecule has 12 heteroatoms. The second kappa shape index (κ2) is 11.2. The van der Waals surface area contributed by atoms with E-state index < -0.39 is 41.0 Å². The minimum absolute atomic E-state index is 0.0459. The fourth-order valence-corrected chi connectivity index (χ4v) is 7.80. The lowest BCUT2D eigenvalue weighted by molar-refractivity contribution is -0.173. The first kappa shape index (κ1) is 31.1. The van der Waals surface area contributed by atoms with E-state index in [-0.39, 0.29) is 75.4 Å². The molecule has 1 saturated carbocycles. The number of rotatable bonds is 6. The van der Waals surface area contributed by atoms with Gasteiger partial charge in [-0.25, -0.2) is 22.0 Å². The van der Waals surface area contributed by atoms with E-state index in [1.807, 2.05) is 4.90 Å². The maximum absolute atomic E-state index is 16.9. The van der Waals surface area contributed by atoms with Crippen molar-refractivity contribution >= 4 is 27.5 Å². The van der Waals surface area contributed by atoms with Crippen molar-refractivity contribution in [1.82, 2.24) is 20.2 Å². The number of likely N-dealkylation sites (tertiary alicyclic amines) is 1. The summed E-state index contributed by atoms with van der Waals surface area (Å²) in [4.78, 5) is 12.9. The molecule has 1 aromatic heterocycles. The number of alkyl halides is 2. The van der Waals surface area contributed by atoms with Gasteiger partial charge in [0, 0.05) is 67.1 Å². The number of ether oxygens (including phenoxy) is 1. The van der Waals surface area contributed by atoms with Gasteiger partial charge in [-0.15, -0.1) is 6.42 Å². The molecule has 4 fully saturated rings. The topological polar surface area (TPSA) is 73.8 Å². The number of halogens is 5. The highest BCUT2D eigenvalue weighted by Gasteiger charge is 2.56. The van der Waals surface area contributed by atoms with Crippen LogP contribution in [0.4, 0.5) is 27.8 Å². The summed E-state index contributed by atoms with van der Waals surface area (Å²) in [7, 11) is 0. The third-order valence-electron chi connectivity index (χ3n) is 10.6. The Morgan fingerprint density at radius 3 is 2.50 bits per heavy atom. The van der Waals surface area contributed by atoms with Crippen LogP contribution in [0.2, 0.25) is 0 Å². The standard InChI is InChI=1S/C36H34F5N5O2/c1-3-24-27(37)9-4-19-12-23(47)13-25(29(19)24)30-28(38)14-26-32(31(30)39)43-34(44-33(26)46-15-20-5-6-21(16-46)42-20)48-18-35(2)17-45(22-7-8-22)11-10-36(35,40)41/h1,4,9,12-14,20-22,42,47H,5-8,10-11,15-18H2,2H3/t20-,21+,35-/m0/s1. The first-order valence-corrected chi connectivity index (χ1v) is 16.3. The summed E-state index contributed by atoms with van der Waals surface area (Å²) in [5, 5.41) is 14.4. The number of anilines is 1. The van der Waals surface area contributed by atoms with Crippen LogP contribution < -0.4 is 15.0 Å². The van der Waals surface area contributed by atoms with Gasteiger partial charge < -0.3 is 20.1 Å². The highest BCUT2D eigenvalue weighted by molar-refractivity contribution is 6.04. The van der Waals surface area contributed by atoms with Gasteiger partial charge in [0.05, 0.1) is 16.5 Å². The quantitative estimate of drug-likeness (QED) is 0.183. The van der Waals surface area contributed by atoms with Gasteiger partial charge in [-0.2, -0.15) is 9.97 Å². The number of phenolic OH excluding ortho intramolecular Hbond substituents is 1. The van der Waals surface area contributed by atoms with E-state index in [1.165, 1.54) is 19.1 Å². The van der Waals surface area contributed by atoms with Gasteiger partial charge >= 0.3 is 6.01 Å². The molecule has 0 amide bonds. The number of piperazine rings is 1. The molecule has 3 atom stereocenters. The minimum atomic E-state index is -3.02. The summed E-state index contributed by atoms with van der Waals surface area (Å²) < 4.78 is 84.7. The number of benzene rings is 3. The van der Waals surface area contributed by atoms with Gasteiger partial charge in [-0.3, -0.25) is 4.90 Å². The number of terminal acetylenes is 1. The normalized spacial score (nSPS) is 25.5. The van der Waals surface area contributed by atoms with E-state index in [2.05, 4.69) is 26.1 Å². The fourth-order valence-electron chi connectivity index (χ4n) is 7.80. The monoisotopic (exact) mass is 663 g/mol. The molecule has 2 N–H and O–H groups in total. The van der Waals surface area contributed by atoms with E-state index in [1.54, 1.807) is 0 Å². The fraction of sp³-hybridized carbons (Fsp3) is 0.444. The van der Waals surface area contributed by atoms with Crippen LogP contribution in [0.15, 0.2) is 30.3 Å². The average molecular weight is 664 g/mol. The van der Waals surface area contributed by atoms with E-state index in [9.17, 15) is 9.50 Å². The maximum atomic E-state index is 16.9. The van der Waals surface area contributed by atoms with Crippen LogP contribution in [0.25, 0.3) is 32.8 Å². The van der Waals surface area contributed by atoms with Gasteiger partial charge in [0.25, 0.3) is 5.92 Å². The Balaban J connectivity index is 1.27. The van der Waals surface area contributed by atoms with Crippen LogP contribution in [0.5, 0.6) is 11.8 Å². The number of hydrogen-bond donors (Lipinski definition) is 2. The number of nitrogens with one attached hydrogen (secondary N) is 1. The number of nitrogens with zero attached hydrogens (tertiary/aromatic N) is 4. The highest BCUT2D eigenvalue weighted by atomic mass is 19.3. The highest BCUT2D eigenvalue weighted by Crippen LogP contribution is 2.47. The van der Waals surface area contributed by atoms with Crippen LogP contribution in [-0.4, -0.2) is 76.8 Å². The maximum Gasteiger partial charge on any atom is 0.319 e. The van der Waals surface area contributed by atoms with Gasteiger partial charge in [0.2, 0.25) is 0 Å². The lowest BCUT2D eigenvalue weighted by Crippen LogP contribution is -2.57. The molecule has 8 rings (SSSR count). The minimum Gasteiger partial charge on any atom is -0.508 e. The number of hydrogen-bond acceptors (Lipinski definition) is 7. The Labute approximate surface area is 274 Å². The summed E-state index contributed by atoms with van der Waals surface area (Å²) in [5.41, 5.74) is -2.80. The lowest BCUT2D eigenvalue weighted by atomic mass is 9.78. The Bertz CT molecular complexity index is 2000. The third kappa shape index (κ3) is 5.10. The molecule has 3 aliphatic heterocycles. The molecule has 48 heavy (non-hydrogen) atoms. The van der Waals surface area contributed by atoms with Crippen LogP contribution in [-0.2, 0) is 0 Å².